The molecule has 26 valence electrons. The van der Waals surface area contributed by atoms with Gasteiger partial charge in [0.05, 0.1) is 0 Å². The average molecular weight is 421 g/mol. The molecule has 0 aliphatic rings. The number of rotatable bonds is 0. The summed E-state index contributed by atoms with van der Waals surface area (Å²) in [6.07, 6.45) is 0. The molecule has 0 heterocycles. The van der Waals surface area contributed by atoms with Gasteiger partial charge in [0.25, 0.3) is 0 Å². The second-order valence-electron chi connectivity index (χ2n) is 0.192. The fraction of sp³-hybridized carbons (Fsp3) is 0. The van der Waals surface area contributed by atoms with Crippen LogP contribution in [-0.2, 0) is 12.0 Å². The Hall–Kier alpha value is 2.18. The first-order valence-corrected chi connectivity index (χ1v) is 21.6. The Labute approximate surface area is 50.3 Å². The Kier molecular flexibility index (Phi) is 5.21. The molecular formula is Br3Ta. The fourth-order valence-electron chi connectivity index (χ4n) is 0. The van der Waals surface area contributed by atoms with Gasteiger partial charge in [-0.1, -0.05) is 0 Å². The molecule has 0 saturated heterocycles. The van der Waals surface area contributed by atoms with Crippen molar-refractivity contribution in [2.24, 2.45) is 0 Å². The van der Waals surface area contributed by atoms with E-state index in [2.05, 4.69) is 39.1 Å². The summed E-state index contributed by atoms with van der Waals surface area (Å²) in [5.74, 6) is 0. The minimum absolute atomic E-state index is 1.16. The third-order valence-corrected chi connectivity index (χ3v) is 0. The van der Waals surface area contributed by atoms with E-state index in [1.165, 1.54) is 0 Å². The molecule has 0 nitrogen and oxygen atoms in total. The Morgan fingerprint density at radius 2 is 1.00 bits per heavy atom. The van der Waals surface area contributed by atoms with E-state index in [4.69, 9.17) is 0 Å². The second kappa shape index (κ2) is 3.37. The summed E-state index contributed by atoms with van der Waals surface area (Å²) in [5.41, 5.74) is 0. The van der Waals surface area contributed by atoms with Gasteiger partial charge in [-0.3, -0.25) is 0 Å². The summed E-state index contributed by atoms with van der Waals surface area (Å²) in [6, 6.07) is 0. The van der Waals surface area contributed by atoms with Gasteiger partial charge in [0.2, 0.25) is 0 Å². The standard InChI is InChI=1S/3BrH.Ta/h3*1H;/q;;;+3/p-3. The van der Waals surface area contributed by atoms with Crippen LogP contribution in [-0.4, -0.2) is 0 Å². The SMILES string of the molecule is [Br][Ta]([Br])[Br]. The molecule has 4 heteroatoms. The molecule has 0 aliphatic carbocycles. The van der Waals surface area contributed by atoms with E-state index >= 15 is 0 Å². The van der Waals surface area contributed by atoms with Crippen molar-refractivity contribution in [3.63, 3.8) is 0 Å². The molecule has 0 amide bonds. The van der Waals surface area contributed by atoms with Crippen molar-refractivity contribution in [3.05, 3.63) is 0 Å². The van der Waals surface area contributed by atoms with Crippen molar-refractivity contribution in [3.8, 4) is 0 Å². The van der Waals surface area contributed by atoms with E-state index in [1.54, 1.807) is 0 Å². The molecule has 0 rings (SSSR count). The Morgan fingerprint density at radius 3 is 1.00 bits per heavy atom. The van der Waals surface area contributed by atoms with Gasteiger partial charge in [-0.2, -0.15) is 0 Å². The molecule has 0 aromatic rings. The molecule has 0 atom stereocenters. The first kappa shape index (κ1) is 6.18. The monoisotopic (exact) mass is 418 g/mol. The molecule has 0 bridgehead atoms. The molecule has 0 unspecified atom stereocenters. The molecule has 0 radical (unpaired) electrons. The Morgan fingerprint density at radius 1 is 1.00 bits per heavy atom. The van der Waals surface area contributed by atoms with Gasteiger partial charge < -0.3 is 0 Å². The third kappa shape index (κ3) is 8.89. The van der Waals surface area contributed by atoms with Crippen LogP contribution in [0, 0.1) is 0 Å². The van der Waals surface area contributed by atoms with Gasteiger partial charge in [0.15, 0.2) is 0 Å². The normalized spacial score (nSPS) is 9.00. The van der Waals surface area contributed by atoms with Crippen molar-refractivity contribution < 1.29 is 12.0 Å². The third-order valence-electron chi connectivity index (χ3n) is 0. The molecule has 0 spiro atoms. The van der Waals surface area contributed by atoms with Crippen LogP contribution >= 0.6 is 39.1 Å². The molecular weight excluding hydrogens is 421 g/mol. The first-order chi connectivity index (χ1) is 1.73. The van der Waals surface area contributed by atoms with Crippen LogP contribution in [0.15, 0.2) is 0 Å². The number of hydrogen-bond acceptors (Lipinski definition) is 0. The Balaban J connectivity index is 2.32. The van der Waals surface area contributed by atoms with Crippen LogP contribution in [0.5, 0.6) is 0 Å². The van der Waals surface area contributed by atoms with Crippen molar-refractivity contribution in [1.82, 2.24) is 0 Å². The van der Waals surface area contributed by atoms with E-state index < -0.39 is 12.0 Å². The van der Waals surface area contributed by atoms with Crippen LogP contribution in [0.4, 0.5) is 0 Å². The molecule has 4 heavy (non-hydrogen) atoms. The molecule has 0 aliphatic heterocycles. The quantitative estimate of drug-likeness (QED) is 0.565. The van der Waals surface area contributed by atoms with E-state index in [1.807, 2.05) is 0 Å². The van der Waals surface area contributed by atoms with Gasteiger partial charge >= 0.3 is 51.1 Å². The fourth-order valence-corrected chi connectivity index (χ4v) is 0. The van der Waals surface area contributed by atoms with Gasteiger partial charge in [-0.25, -0.2) is 0 Å². The maximum atomic E-state index is 3.31. The van der Waals surface area contributed by atoms with Gasteiger partial charge in [0.1, 0.15) is 0 Å². The van der Waals surface area contributed by atoms with Gasteiger partial charge in [-0.15, -0.1) is 0 Å². The van der Waals surface area contributed by atoms with E-state index in [0.29, 0.717) is 0 Å². The van der Waals surface area contributed by atoms with Crippen LogP contribution < -0.4 is 0 Å². The summed E-state index contributed by atoms with van der Waals surface area (Å²) in [4.78, 5) is 0. The van der Waals surface area contributed by atoms with E-state index in [0.717, 1.165) is 0 Å². The van der Waals surface area contributed by atoms with E-state index in [9.17, 15) is 0 Å². The van der Waals surface area contributed by atoms with Crippen molar-refractivity contribution >= 4 is 39.1 Å². The predicted molar refractivity (Wildman–Crippen MR) is 26.8 cm³/mol. The van der Waals surface area contributed by atoms with Crippen LogP contribution in [0.2, 0.25) is 0 Å². The van der Waals surface area contributed by atoms with Gasteiger partial charge in [0, 0.05) is 0 Å². The number of hydrogen-bond donors (Lipinski definition) is 0. The predicted octanol–water partition coefficient (Wildman–Crippen LogP) is 2.53. The molecule has 0 fully saturated rings. The van der Waals surface area contributed by atoms with Gasteiger partial charge in [-0.05, 0) is 0 Å². The van der Waals surface area contributed by atoms with Crippen LogP contribution in [0.3, 0.4) is 0 Å². The zero-order chi connectivity index (χ0) is 3.58. The van der Waals surface area contributed by atoms with Crippen molar-refractivity contribution in [1.29, 1.82) is 0 Å². The van der Waals surface area contributed by atoms with Crippen molar-refractivity contribution in [2.45, 2.75) is 0 Å². The second-order valence-corrected chi connectivity index (χ2v) is 42.4. The summed E-state index contributed by atoms with van der Waals surface area (Å²) < 4.78 is 0. The summed E-state index contributed by atoms with van der Waals surface area (Å²) in [5, 5.41) is 0. The topological polar surface area (TPSA) is 0 Å². The number of halogens is 3. The van der Waals surface area contributed by atoms with Crippen LogP contribution in [0.1, 0.15) is 0 Å². The zero-order valence-corrected chi connectivity index (χ0v) is 9.55. The summed E-state index contributed by atoms with van der Waals surface area (Å²) in [6.45, 7) is 0. The average Bonchev–Trinajstić information content (AvgIpc) is 0.811. The summed E-state index contributed by atoms with van der Waals surface area (Å²) in [7, 11) is 0. The van der Waals surface area contributed by atoms with Crippen molar-refractivity contribution in [2.75, 3.05) is 0 Å². The maximum absolute atomic E-state index is 3.31. The molecule has 0 saturated carbocycles. The summed E-state index contributed by atoms with van der Waals surface area (Å²) >= 11 is 8.77. The Bertz CT molecular complexity index is 8.00. The van der Waals surface area contributed by atoms with Crippen LogP contribution in [0.25, 0.3) is 0 Å². The minimum atomic E-state index is -1.16. The molecule has 0 aromatic heterocycles. The molecule has 0 N–H and O–H groups in total. The first-order valence-electron chi connectivity index (χ1n) is 0.507. The molecule has 0 aromatic carbocycles. The van der Waals surface area contributed by atoms with E-state index in [-0.39, 0.29) is 0 Å². The zero-order valence-electron chi connectivity index (χ0n) is 1.58.